The molecule has 2 rings (SSSR count). The molecule has 1 aliphatic carbocycles. The molecule has 1 N–H and O–H groups in total. The average molecular weight is 291 g/mol. The number of hydrogen-bond donors (Lipinski definition) is 1. The summed E-state index contributed by atoms with van der Waals surface area (Å²) in [5.41, 5.74) is 0.427. The van der Waals surface area contributed by atoms with Gasteiger partial charge in [-0.2, -0.15) is 0 Å². The first-order valence-electron chi connectivity index (χ1n) is 5.01. The van der Waals surface area contributed by atoms with Gasteiger partial charge in [-0.15, -0.1) is 0 Å². The van der Waals surface area contributed by atoms with Gasteiger partial charge in [0.2, 0.25) is 0 Å². The van der Waals surface area contributed by atoms with Crippen LogP contribution in [0, 0.1) is 5.41 Å². The summed E-state index contributed by atoms with van der Waals surface area (Å²) in [5, 5.41) is 3.76. The molecule has 0 spiro atoms. The summed E-state index contributed by atoms with van der Waals surface area (Å²) < 4.78 is 0.745. The van der Waals surface area contributed by atoms with Gasteiger partial charge in [0.25, 0.3) is 0 Å². The third-order valence-corrected chi connectivity index (χ3v) is 4.26. The molecule has 0 radical (unpaired) electrons. The molecule has 0 amide bonds. The van der Waals surface area contributed by atoms with Crippen LogP contribution in [0.1, 0.15) is 26.2 Å². The first-order chi connectivity index (χ1) is 7.11. The van der Waals surface area contributed by atoms with Crippen molar-refractivity contribution in [1.29, 1.82) is 0 Å². The van der Waals surface area contributed by atoms with E-state index in [0.717, 1.165) is 16.8 Å². The zero-order chi connectivity index (χ0) is 10.9. The van der Waals surface area contributed by atoms with Crippen LogP contribution in [0.25, 0.3) is 0 Å². The second-order valence-corrected chi connectivity index (χ2v) is 5.50. The van der Waals surface area contributed by atoms with Crippen LogP contribution in [-0.2, 0) is 0 Å². The summed E-state index contributed by atoms with van der Waals surface area (Å²) in [4.78, 5) is 8.03. The smallest absolute Gasteiger partial charge is 0.148 e. The second-order valence-electron chi connectivity index (χ2n) is 4.34. The van der Waals surface area contributed by atoms with E-state index in [0.29, 0.717) is 10.6 Å². The highest BCUT2D eigenvalue weighted by Crippen LogP contribution is 2.40. The lowest BCUT2D eigenvalue weighted by Crippen LogP contribution is -2.33. The van der Waals surface area contributed by atoms with Crippen LogP contribution in [0.4, 0.5) is 5.82 Å². The fourth-order valence-corrected chi connectivity index (χ4v) is 2.20. The van der Waals surface area contributed by atoms with E-state index in [9.17, 15) is 0 Å². The van der Waals surface area contributed by atoms with E-state index in [1.807, 2.05) is 0 Å². The molecule has 0 atom stereocenters. The highest BCUT2D eigenvalue weighted by molar-refractivity contribution is 9.10. The SMILES string of the molecule is CC1(CNc2ncnc(Cl)c2Br)CCC1. The standard InChI is InChI=1S/C10H13BrClN3/c1-10(3-2-4-10)5-13-9-7(11)8(12)14-6-15-9/h6H,2-5H2,1H3,(H,13,14,15). The lowest BCUT2D eigenvalue weighted by atomic mass is 9.70. The van der Waals surface area contributed by atoms with Gasteiger partial charge >= 0.3 is 0 Å². The molecule has 0 saturated heterocycles. The van der Waals surface area contributed by atoms with Gasteiger partial charge in [0.05, 0.1) is 4.47 Å². The van der Waals surface area contributed by atoms with Gasteiger partial charge < -0.3 is 5.32 Å². The topological polar surface area (TPSA) is 37.8 Å². The van der Waals surface area contributed by atoms with Gasteiger partial charge in [-0.25, -0.2) is 9.97 Å². The van der Waals surface area contributed by atoms with Gasteiger partial charge in [0.1, 0.15) is 17.3 Å². The Morgan fingerprint density at radius 1 is 1.53 bits per heavy atom. The molecule has 1 fully saturated rings. The number of anilines is 1. The minimum Gasteiger partial charge on any atom is -0.368 e. The van der Waals surface area contributed by atoms with E-state index >= 15 is 0 Å². The highest BCUT2D eigenvalue weighted by atomic mass is 79.9. The van der Waals surface area contributed by atoms with Crippen LogP contribution in [0.15, 0.2) is 10.8 Å². The normalized spacial score (nSPS) is 18.3. The number of halogens is 2. The fraction of sp³-hybridized carbons (Fsp3) is 0.600. The maximum absolute atomic E-state index is 5.87. The minimum atomic E-state index is 0.427. The molecule has 1 aromatic heterocycles. The van der Waals surface area contributed by atoms with Crippen LogP contribution in [0.2, 0.25) is 5.15 Å². The minimum absolute atomic E-state index is 0.427. The largest absolute Gasteiger partial charge is 0.368 e. The molecule has 0 aromatic carbocycles. The Morgan fingerprint density at radius 2 is 2.27 bits per heavy atom. The van der Waals surface area contributed by atoms with Gasteiger partial charge in [-0.05, 0) is 34.2 Å². The lowest BCUT2D eigenvalue weighted by Gasteiger charge is -2.38. The van der Waals surface area contributed by atoms with Crippen LogP contribution in [0.5, 0.6) is 0 Å². The van der Waals surface area contributed by atoms with Crippen LogP contribution in [0.3, 0.4) is 0 Å². The Morgan fingerprint density at radius 3 is 2.87 bits per heavy atom. The molecule has 1 aromatic rings. The van der Waals surface area contributed by atoms with Crippen molar-refractivity contribution in [3.05, 3.63) is 16.0 Å². The molecular formula is C10H13BrClN3. The molecule has 0 unspecified atom stereocenters. The number of nitrogens with one attached hydrogen (secondary N) is 1. The second kappa shape index (κ2) is 4.26. The molecule has 0 bridgehead atoms. The molecular weight excluding hydrogens is 277 g/mol. The van der Waals surface area contributed by atoms with Gasteiger partial charge in [-0.3, -0.25) is 0 Å². The summed E-state index contributed by atoms with van der Waals surface area (Å²) in [6.45, 7) is 3.24. The number of nitrogens with zero attached hydrogens (tertiary/aromatic N) is 2. The number of rotatable bonds is 3. The highest BCUT2D eigenvalue weighted by Gasteiger charge is 2.31. The average Bonchev–Trinajstić information content (AvgIpc) is 2.17. The van der Waals surface area contributed by atoms with E-state index in [4.69, 9.17) is 11.6 Å². The van der Waals surface area contributed by atoms with E-state index in [1.165, 1.54) is 25.6 Å². The molecule has 82 valence electrons. The summed E-state index contributed by atoms with van der Waals surface area (Å²) in [5.74, 6) is 0.781. The van der Waals surface area contributed by atoms with Crippen molar-refractivity contribution in [2.45, 2.75) is 26.2 Å². The van der Waals surface area contributed by atoms with Crippen molar-refractivity contribution in [2.24, 2.45) is 5.41 Å². The van der Waals surface area contributed by atoms with E-state index in [1.54, 1.807) is 0 Å². The Balaban J connectivity index is 2.01. The lowest BCUT2D eigenvalue weighted by molar-refractivity contribution is 0.180. The van der Waals surface area contributed by atoms with Crippen LogP contribution >= 0.6 is 27.5 Å². The zero-order valence-electron chi connectivity index (χ0n) is 8.56. The number of hydrogen-bond acceptors (Lipinski definition) is 3. The van der Waals surface area contributed by atoms with E-state index < -0.39 is 0 Å². The Bertz CT molecular complexity index is 366. The van der Waals surface area contributed by atoms with Crippen molar-refractivity contribution >= 4 is 33.3 Å². The summed E-state index contributed by atoms with van der Waals surface area (Å²) in [6, 6.07) is 0. The van der Waals surface area contributed by atoms with Gasteiger partial charge in [-0.1, -0.05) is 24.9 Å². The molecule has 3 nitrogen and oxygen atoms in total. The summed E-state index contributed by atoms with van der Waals surface area (Å²) >= 11 is 9.24. The van der Waals surface area contributed by atoms with E-state index in [-0.39, 0.29) is 0 Å². The Kier molecular flexibility index (Phi) is 3.16. The van der Waals surface area contributed by atoms with Crippen molar-refractivity contribution in [3.8, 4) is 0 Å². The van der Waals surface area contributed by atoms with Crippen molar-refractivity contribution < 1.29 is 0 Å². The summed E-state index contributed by atoms with van der Waals surface area (Å²) in [6.07, 6.45) is 5.38. The summed E-state index contributed by atoms with van der Waals surface area (Å²) in [7, 11) is 0. The van der Waals surface area contributed by atoms with Crippen LogP contribution < -0.4 is 5.32 Å². The molecule has 1 heterocycles. The van der Waals surface area contributed by atoms with Gasteiger partial charge in [0.15, 0.2) is 0 Å². The number of aromatic nitrogens is 2. The molecule has 1 aliphatic rings. The fourth-order valence-electron chi connectivity index (χ4n) is 1.73. The molecule has 0 aliphatic heterocycles. The van der Waals surface area contributed by atoms with Crippen molar-refractivity contribution in [1.82, 2.24) is 9.97 Å². The third kappa shape index (κ3) is 2.42. The first-order valence-corrected chi connectivity index (χ1v) is 6.18. The molecule has 15 heavy (non-hydrogen) atoms. The third-order valence-electron chi connectivity index (χ3n) is 2.99. The van der Waals surface area contributed by atoms with Gasteiger partial charge in [0, 0.05) is 6.54 Å². The molecule has 5 heteroatoms. The van der Waals surface area contributed by atoms with Crippen LogP contribution in [-0.4, -0.2) is 16.5 Å². The Labute approximate surface area is 103 Å². The van der Waals surface area contributed by atoms with E-state index in [2.05, 4.69) is 38.1 Å². The molecule has 1 saturated carbocycles. The predicted molar refractivity (Wildman–Crippen MR) is 65.2 cm³/mol. The van der Waals surface area contributed by atoms with Crippen molar-refractivity contribution in [3.63, 3.8) is 0 Å². The quantitative estimate of drug-likeness (QED) is 0.866. The monoisotopic (exact) mass is 289 g/mol. The maximum atomic E-state index is 5.87. The zero-order valence-corrected chi connectivity index (χ0v) is 10.9. The maximum Gasteiger partial charge on any atom is 0.148 e. The van der Waals surface area contributed by atoms with Crippen molar-refractivity contribution in [2.75, 3.05) is 11.9 Å². The Hall–Kier alpha value is -0.350. The first kappa shape index (κ1) is 11.1. The predicted octanol–water partition coefficient (Wildman–Crippen LogP) is 3.49.